The number of carbonyl (C=O) groups is 1. The van der Waals surface area contributed by atoms with E-state index in [1.54, 1.807) is 0 Å². The van der Waals surface area contributed by atoms with Crippen LogP contribution in [0.5, 0.6) is 0 Å². The van der Waals surface area contributed by atoms with E-state index in [1.165, 1.54) is 19.3 Å². The average molecular weight is 234 g/mol. The molecule has 2 fully saturated rings. The Labute approximate surface area is 103 Å². The van der Waals surface area contributed by atoms with Crippen molar-refractivity contribution in [2.24, 2.45) is 29.6 Å². The highest BCUT2D eigenvalue weighted by Gasteiger charge is 2.44. The second-order valence-electron chi connectivity index (χ2n) is 6.13. The normalized spacial score (nSPS) is 45.5. The molecule has 3 rings (SSSR count). The number of hydrogen-bond donors (Lipinski definition) is 0. The first-order valence-corrected chi connectivity index (χ1v) is 7.10. The highest BCUT2D eigenvalue weighted by atomic mass is 16.5. The fourth-order valence-corrected chi connectivity index (χ4v) is 4.04. The Balaban J connectivity index is 1.88. The molecule has 2 nitrogen and oxygen atoms in total. The molecule has 5 atom stereocenters. The summed E-state index contributed by atoms with van der Waals surface area (Å²) in [5.41, 5.74) is 0. The third kappa shape index (κ3) is 2.02. The van der Waals surface area contributed by atoms with Gasteiger partial charge in [0, 0.05) is 0 Å². The van der Waals surface area contributed by atoms with E-state index >= 15 is 0 Å². The van der Waals surface area contributed by atoms with Crippen LogP contribution in [0.4, 0.5) is 0 Å². The smallest absolute Gasteiger partial charge is 0.309 e. The van der Waals surface area contributed by atoms with E-state index in [0.717, 1.165) is 18.8 Å². The Morgan fingerprint density at radius 3 is 2.88 bits per heavy atom. The summed E-state index contributed by atoms with van der Waals surface area (Å²) in [6, 6.07) is 0. The van der Waals surface area contributed by atoms with Gasteiger partial charge in [0.25, 0.3) is 0 Å². The van der Waals surface area contributed by atoms with E-state index in [4.69, 9.17) is 4.74 Å². The minimum atomic E-state index is 0.0842. The van der Waals surface area contributed by atoms with Gasteiger partial charge in [-0.15, -0.1) is 0 Å². The SMILES string of the molecule is C[C@@H]1CC[C@@H]2C=C[C@@H]3CCCOC(=O)[C@@H]3[C@H]2C1. The molecule has 0 aromatic rings. The van der Waals surface area contributed by atoms with Crippen molar-refractivity contribution in [3.63, 3.8) is 0 Å². The lowest BCUT2D eigenvalue weighted by Gasteiger charge is -2.42. The Hall–Kier alpha value is -0.790. The molecule has 1 aliphatic heterocycles. The largest absolute Gasteiger partial charge is 0.465 e. The molecule has 0 N–H and O–H groups in total. The first kappa shape index (κ1) is 11.3. The van der Waals surface area contributed by atoms with Crippen LogP contribution in [0.1, 0.15) is 39.0 Å². The van der Waals surface area contributed by atoms with Gasteiger partial charge in [-0.05, 0) is 49.4 Å². The van der Waals surface area contributed by atoms with E-state index in [1.807, 2.05) is 0 Å². The van der Waals surface area contributed by atoms with Crippen LogP contribution in [0.3, 0.4) is 0 Å². The molecule has 1 saturated heterocycles. The average Bonchev–Trinajstić information content (AvgIpc) is 2.51. The number of rotatable bonds is 0. The predicted octanol–water partition coefficient (Wildman–Crippen LogP) is 3.18. The van der Waals surface area contributed by atoms with Gasteiger partial charge in [-0.3, -0.25) is 4.79 Å². The van der Waals surface area contributed by atoms with Gasteiger partial charge in [0.2, 0.25) is 0 Å². The van der Waals surface area contributed by atoms with E-state index in [2.05, 4.69) is 19.1 Å². The standard InChI is InChI=1S/C15H22O2/c1-10-4-5-11-6-7-12-3-2-8-17-15(16)14(12)13(11)9-10/h6-7,10-14H,2-5,8-9H2,1H3/t10-,11-,12+,13+,14+/m1/s1. The molecule has 17 heavy (non-hydrogen) atoms. The zero-order chi connectivity index (χ0) is 11.8. The van der Waals surface area contributed by atoms with E-state index in [9.17, 15) is 4.79 Å². The van der Waals surface area contributed by atoms with Gasteiger partial charge in [-0.25, -0.2) is 0 Å². The maximum absolute atomic E-state index is 12.2. The molecule has 0 unspecified atom stereocenters. The van der Waals surface area contributed by atoms with Crippen LogP contribution in [0, 0.1) is 29.6 Å². The van der Waals surface area contributed by atoms with Crippen molar-refractivity contribution in [1.29, 1.82) is 0 Å². The number of carbonyl (C=O) groups excluding carboxylic acids is 1. The monoisotopic (exact) mass is 234 g/mol. The summed E-state index contributed by atoms with van der Waals surface area (Å²) in [4.78, 5) is 12.2. The zero-order valence-electron chi connectivity index (χ0n) is 10.6. The maximum Gasteiger partial charge on any atom is 0.309 e. The topological polar surface area (TPSA) is 26.3 Å². The quantitative estimate of drug-likeness (QED) is 0.475. The minimum Gasteiger partial charge on any atom is -0.465 e. The van der Waals surface area contributed by atoms with Gasteiger partial charge in [0.05, 0.1) is 12.5 Å². The van der Waals surface area contributed by atoms with Crippen molar-refractivity contribution in [3.05, 3.63) is 12.2 Å². The van der Waals surface area contributed by atoms with Gasteiger partial charge in [0.15, 0.2) is 0 Å². The van der Waals surface area contributed by atoms with Gasteiger partial charge >= 0.3 is 5.97 Å². The van der Waals surface area contributed by atoms with Crippen LogP contribution in [0.2, 0.25) is 0 Å². The van der Waals surface area contributed by atoms with Crippen LogP contribution in [0.15, 0.2) is 12.2 Å². The number of hydrogen-bond acceptors (Lipinski definition) is 2. The van der Waals surface area contributed by atoms with Gasteiger partial charge in [-0.2, -0.15) is 0 Å². The van der Waals surface area contributed by atoms with Crippen LogP contribution < -0.4 is 0 Å². The summed E-state index contributed by atoms with van der Waals surface area (Å²) in [5.74, 6) is 2.67. The molecule has 0 amide bonds. The van der Waals surface area contributed by atoms with Gasteiger partial charge in [0.1, 0.15) is 0 Å². The molecule has 1 heterocycles. The van der Waals surface area contributed by atoms with Crippen molar-refractivity contribution >= 4 is 5.97 Å². The molecule has 2 heteroatoms. The molecule has 0 aromatic heterocycles. The van der Waals surface area contributed by atoms with Crippen molar-refractivity contribution in [2.75, 3.05) is 6.61 Å². The van der Waals surface area contributed by atoms with Crippen LogP contribution in [0.25, 0.3) is 0 Å². The van der Waals surface area contributed by atoms with Gasteiger partial charge in [-0.1, -0.05) is 25.5 Å². The lowest BCUT2D eigenvalue weighted by Crippen LogP contribution is -2.39. The first-order chi connectivity index (χ1) is 8.25. The lowest BCUT2D eigenvalue weighted by atomic mass is 9.62. The number of allylic oxidation sites excluding steroid dienone is 2. The summed E-state index contributed by atoms with van der Waals surface area (Å²) in [5, 5.41) is 0. The van der Waals surface area contributed by atoms with E-state index in [-0.39, 0.29) is 11.9 Å². The van der Waals surface area contributed by atoms with E-state index in [0.29, 0.717) is 24.4 Å². The molecule has 94 valence electrons. The molecule has 1 saturated carbocycles. The summed E-state index contributed by atoms with van der Waals surface area (Å²) in [6.07, 6.45) is 10.7. The summed E-state index contributed by atoms with van der Waals surface area (Å²) < 4.78 is 5.38. The highest BCUT2D eigenvalue weighted by molar-refractivity contribution is 5.74. The van der Waals surface area contributed by atoms with Gasteiger partial charge < -0.3 is 4.74 Å². The van der Waals surface area contributed by atoms with Crippen LogP contribution >= 0.6 is 0 Å². The van der Waals surface area contributed by atoms with E-state index < -0.39 is 0 Å². The van der Waals surface area contributed by atoms with Crippen molar-refractivity contribution in [1.82, 2.24) is 0 Å². The second kappa shape index (κ2) is 4.47. The molecule has 3 aliphatic rings. The second-order valence-corrected chi connectivity index (χ2v) is 6.13. The third-order valence-corrected chi connectivity index (χ3v) is 4.94. The predicted molar refractivity (Wildman–Crippen MR) is 66.3 cm³/mol. The first-order valence-electron chi connectivity index (χ1n) is 7.10. The number of esters is 1. The molecule has 0 spiro atoms. The Bertz CT molecular complexity index is 334. The summed E-state index contributed by atoms with van der Waals surface area (Å²) >= 11 is 0. The lowest BCUT2D eigenvalue weighted by molar-refractivity contribution is -0.152. The number of fused-ring (bicyclic) bond motifs is 3. The fraction of sp³-hybridized carbons (Fsp3) is 0.800. The molecule has 0 radical (unpaired) electrons. The molecular weight excluding hydrogens is 212 g/mol. The summed E-state index contributed by atoms with van der Waals surface area (Å²) in [7, 11) is 0. The number of cyclic esters (lactones) is 1. The number of ether oxygens (including phenoxy) is 1. The van der Waals surface area contributed by atoms with Crippen molar-refractivity contribution in [2.45, 2.75) is 39.0 Å². The van der Waals surface area contributed by atoms with Crippen molar-refractivity contribution < 1.29 is 9.53 Å². The molecule has 0 bridgehead atoms. The third-order valence-electron chi connectivity index (χ3n) is 4.94. The minimum absolute atomic E-state index is 0.0842. The molecular formula is C15H22O2. The van der Waals surface area contributed by atoms with Crippen LogP contribution in [-0.2, 0) is 9.53 Å². The zero-order valence-corrected chi connectivity index (χ0v) is 10.6. The molecule has 2 aliphatic carbocycles. The van der Waals surface area contributed by atoms with Crippen molar-refractivity contribution in [3.8, 4) is 0 Å². The maximum atomic E-state index is 12.2. The summed E-state index contributed by atoms with van der Waals surface area (Å²) in [6.45, 7) is 2.96. The molecule has 0 aromatic carbocycles. The fourth-order valence-electron chi connectivity index (χ4n) is 4.04. The Morgan fingerprint density at radius 1 is 1.18 bits per heavy atom. The highest BCUT2D eigenvalue weighted by Crippen LogP contribution is 2.46. The Kier molecular flexibility index (Phi) is 2.97. The Morgan fingerprint density at radius 2 is 2.00 bits per heavy atom. The van der Waals surface area contributed by atoms with Crippen LogP contribution in [-0.4, -0.2) is 12.6 Å².